The predicted octanol–water partition coefficient (Wildman–Crippen LogP) is 4.39. The Morgan fingerprint density at radius 2 is 1.61 bits per heavy atom. The Balaban J connectivity index is 1.76. The summed E-state index contributed by atoms with van der Waals surface area (Å²) in [5, 5.41) is 0. The van der Waals surface area contributed by atoms with E-state index in [2.05, 4.69) is 24.3 Å². The van der Waals surface area contributed by atoms with Crippen LogP contribution in [0.2, 0.25) is 0 Å². The third-order valence-electron chi connectivity index (χ3n) is 4.83. The van der Waals surface area contributed by atoms with Crippen LogP contribution in [0.5, 0.6) is 0 Å². The van der Waals surface area contributed by atoms with Crippen molar-refractivity contribution in [3.05, 3.63) is 82.8 Å². The molecule has 0 amide bonds. The number of hydrogen-bond donors (Lipinski definition) is 0. The molecule has 3 heteroatoms. The van der Waals surface area contributed by atoms with E-state index < -0.39 is 9.84 Å². The Morgan fingerprint density at radius 3 is 2.43 bits per heavy atom. The number of sulfone groups is 1. The molecule has 2 aromatic rings. The zero-order valence-corrected chi connectivity index (χ0v) is 13.6. The van der Waals surface area contributed by atoms with Gasteiger partial charge in [-0.1, -0.05) is 48.5 Å². The van der Waals surface area contributed by atoms with Crippen LogP contribution in [-0.4, -0.2) is 8.42 Å². The van der Waals surface area contributed by atoms with E-state index in [-0.39, 0.29) is 0 Å². The molecule has 0 unspecified atom stereocenters. The van der Waals surface area contributed by atoms with E-state index in [9.17, 15) is 8.42 Å². The summed E-state index contributed by atoms with van der Waals surface area (Å²) in [5.41, 5.74) is 3.95. The Bertz CT molecular complexity index is 906. The Morgan fingerprint density at radius 1 is 0.870 bits per heavy atom. The second-order valence-electron chi connectivity index (χ2n) is 6.17. The lowest BCUT2D eigenvalue weighted by atomic mass is 9.76. The lowest BCUT2D eigenvalue weighted by Gasteiger charge is -2.31. The molecular weight excluding hydrogens is 304 g/mol. The second kappa shape index (κ2) is 5.50. The van der Waals surface area contributed by atoms with Gasteiger partial charge in [0.15, 0.2) is 0 Å². The molecule has 2 nitrogen and oxygen atoms in total. The summed E-state index contributed by atoms with van der Waals surface area (Å²) < 4.78 is 25.6. The number of allylic oxidation sites excluding steroid dienone is 4. The number of aryl methyl sites for hydroxylation is 1. The average molecular weight is 322 g/mol. The minimum Gasteiger partial charge on any atom is -0.219 e. The van der Waals surface area contributed by atoms with Gasteiger partial charge in [-0.25, -0.2) is 8.42 Å². The first-order valence-electron chi connectivity index (χ1n) is 7.95. The standard InChI is InChI=1S/C20H18O2S/c21-23(22,17-7-2-1-3-8-17)18-12-13-20-16(14-18)11-10-15-6-4-5-9-19(15)20/h1-9,12-13,16H,10-11,14H2/t16-/m0/s1. The molecule has 0 fully saturated rings. The molecule has 2 aliphatic rings. The first-order valence-corrected chi connectivity index (χ1v) is 9.44. The minimum absolute atomic E-state index is 0.309. The molecule has 2 aliphatic carbocycles. The summed E-state index contributed by atoms with van der Waals surface area (Å²) in [7, 11) is -3.37. The highest BCUT2D eigenvalue weighted by molar-refractivity contribution is 7.95. The zero-order valence-electron chi connectivity index (χ0n) is 12.8. The number of hydrogen-bond acceptors (Lipinski definition) is 2. The fourth-order valence-corrected chi connectivity index (χ4v) is 5.09. The molecule has 0 aromatic heterocycles. The maximum absolute atomic E-state index is 12.8. The van der Waals surface area contributed by atoms with Gasteiger partial charge in [0.05, 0.1) is 4.90 Å². The second-order valence-corrected chi connectivity index (χ2v) is 8.17. The van der Waals surface area contributed by atoms with Gasteiger partial charge >= 0.3 is 0 Å². The maximum atomic E-state index is 12.8. The van der Waals surface area contributed by atoms with Gasteiger partial charge in [-0.05, 0) is 60.1 Å². The van der Waals surface area contributed by atoms with Crippen molar-refractivity contribution in [3.63, 3.8) is 0 Å². The zero-order chi connectivity index (χ0) is 15.9. The first-order chi connectivity index (χ1) is 11.2. The summed E-state index contributed by atoms with van der Waals surface area (Å²) in [6, 6.07) is 17.2. The largest absolute Gasteiger partial charge is 0.219 e. The van der Waals surface area contributed by atoms with Crippen LogP contribution in [0.3, 0.4) is 0 Å². The molecule has 0 aliphatic heterocycles. The van der Waals surface area contributed by atoms with Crippen LogP contribution in [0, 0.1) is 5.92 Å². The third kappa shape index (κ3) is 2.45. The third-order valence-corrected chi connectivity index (χ3v) is 6.71. The van der Waals surface area contributed by atoms with Crippen LogP contribution < -0.4 is 0 Å². The van der Waals surface area contributed by atoms with E-state index in [1.807, 2.05) is 12.1 Å². The van der Waals surface area contributed by atoms with Gasteiger partial charge in [0.1, 0.15) is 0 Å². The number of benzene rings is 2. The Kier molecular flexibility index (Phi) is 3.46. The van der Waals surface area contributed by atoms with Crippen molar-refractivity contribution in [2.45, 2.75) is 24.2 Å². The van der Waals surface area contributed by atoms with Crippen molar-refractivity contribution in [2.75, 3.05) is 0 Å². The van der Waals surface area contributed by atoms with Crippen molar-refractivity contribution in [1.29, 1.82) is 0 Å². The average Bonchev–Trinajstić information content (AvgIpc) is 2.62. The van der Waals surface area contributed by atoms with Gasteiger partial charge in [-0.3, -0.25) is 0 Å². The first kappa shape index (κ1) is 14.5. The summed E-state index contributed by atoms with van der Waals surface area (Å²) >= 11 is 0. The molecule has 4 rings (SSSR count). The van der Waals surface area contributed by atoms with Crippen molar-refractivity contribution in [1.82, 2.24) is 0 Å². The highest BCUT2D eigenvalue weighted by Crippen LogP contribution is 2.42. The van der Waals surface area contributed by atoms with Crippen molar-refractivity contribution in [3.8, 4) is 0 Å². The lowest BCUT2D eigenvalue weighted by Crippen LogP contribution is -2.19. The molecule has 0 heterocycles. The molecule has 0 bridgehead atoms. The lowest BCUT2D eigenvalue weighted by molar-refractivity contribution is 0.570. The Labute approximate surface area is 137 Å². The molecule has 2 aromatic carbocycles. The van der Waals surface area contributed by atoms with E-state index in [1.54, 1.807) is 30.3 Å². The van der Waals surface area contributed by atoms with Gasteiger partial charge in [0.25, 0.3) is 0 Å². The molecular formula is C20H18O2S. The number of rotatable bonds is 2. The van der Waals surface area contributed by atoms with Gasteiger partial charge in [-0.2, -0.15) is 0 Å². The molecule has 116 valence electrons. The highest BCUT2D eigenvalue weighted by Gasteiger charge is 2.31. The van der Waals surface area contributed by atoms with E-state index in [4.69, 9.17) is 0 Å². The molecule has 0 spiro atoms. The molecule has 0 radical (unpaired) electrons. The van der Waals surface area contributed by atoms with Crippen LogP contribution in [0.1, 0.15) is 24.0 Å². The molecule has 0 saturated carbocycles. The number of fused-ring (bicyclic) bond motifs is 3. The smallest absolute Gasteiger partial charge is 0.202 e. The van der Waals surface area contributed by atoms with E-state index in [0.29, 0.717) is 22.1 Å². The van der Waals surface area contributed by atoms with Crippen LogP contribution in [0.25, 0.3) is 5.57 Å². The van der Waals surface area contributed by atoms with Crippen LogP contribution in [0.4, 0.5) is 0 Å². The van der Waals surface area contributed by atoms with Crippen molar-refractivity contribution < 1.29 is 8.42 Å². The quantitative estimate of drug-likeness (QED) is 0.821. The van der Waals surface area contributed by atoms with E-state index in [1.165, 1.54) is 16.7 Å². The highest BCUT2D eigenvalue weighted by atomic mass is 32.2. The SMILES string of the molecule is O=S(=O)(C1=CC=C2c3ccccc3CC[C@H]2C1)c1ccccc1. The fourth-order valence-electron chi connectivity index (χ4n) is 3.61. The normalized spacial score (nSPS) is 20.1. The minimum atomic E-state index is -3.37. The predicted molar refractivity (Wildman–Crippen MR) is 92.6 cm³/mol. The van der Waals surface area contributed by atoms with Gasteiger partial charge in [0.2, 0.25) is 9.84 Å². The molecule has 23 heavy (non-hydrogen) atoms. The van der Waals surface area contributed by atoms with Crippen LogP contribution in [0.15, 0.2) is 76.5 Å². The molecule has 1 atom stereocenters. The monoisotopic (exact) mass is 322 g/mol. The van der Waals surface area contributed by atoms with Crippen molar-refractivity contribution in [2.24, 2.45) is 5.92 Å². The summed E-state index contributed by atoms with van der Waals surface area (Å²) in [4.78, 5) is 0.927. The molecule has 0 saturated heterocycles. The van der Waals surface area contributed by atoms with Crippen LogP contribution in [-0.2, 0) is 16.3 Å². The van der Waals surface area contributed by atoms with Crippen LogP contribution >= 0.6 is 0 Å². The summed E-state index contributed by atoms with van der Waals surface area (Å²) in [5.74, 6) is 0.309. The van der Waals surface area contributed by atoms with Gasteiger partial charge < -0.3 is 0 Å². The summed E-state index contributed by atoms with van der Waals surface area (Å²) in [6.07, 6.45) is 6.47. The topological polar surface area (TPSA) is 34.1 Å². The van der Waals surface area contributed by atoms with E-state index in [0.717, 1.165) is 12.8 Å². The fraction of sp³-hybridized carbons (Fsp3) is 0.200. The van der Waals surface area contributed by atoms with Crippen molar-refractivity contribution >= 4 is 15.4 Å². The van der Waals surface area contributed by atoms with Gasteiger partial charge in [0, 0.05) is 4.91 Å². The Hall–Kier alpha value is -2.13. The maximum Gasteiger partial charge on any atom is 0.202 e. The van der Waals surface area contributed by atoms with E-state index >= 15 is 0 Å². The van der Waals surface area contributed by atoms with Gasteiger partial charge in [-0.15, -0.1) is 0 Å². The molecule has 0 N–H and O–H groups in total. The summed E-state index contributed by atoms with van der Waals surface area (Å²) in [6.45, 7) is 0.